The molecule has 0 amide bonds. The van der Waals surface area contributed by atoms with Gasteiger partial charge < -0.3 is 9.47 Å². The maximum absolute atomic E-state index is 12.5. The number of esters is 2. The van der Waals surface area contributed by atoms with Gasteiger partial charge in [-0.25, -0.2) is 9.59 Å². The van der Waals surface area contributed by atoms with E-state index in [2.05, 4.69) is 6.07 Å². The van der Waals surface area contributed by atoms with Crippen LogP contribution in [0.1, 0.15) is 54.8 Å². The Morgan fingerprint density at radius 3 is 2.48 bits per heavy atom. The number of hydrogen-bond donors (Lipinski definition) is 0. The quantitative estimate of drug-likeness (QED) is 0.743. The average Bonchev–Trinajstić information content (AvgIpc) is 2.58. The molecule has 0 unspecified atom stereocenters. The summed E-state index contributed by atoms with van der Waals surface area (Å²) >= 11 is 0. The molecule has 4 nitrogen and oxygen atoms in total. The van der Waals surface area contributed by atoms with E-state index in [1.54, 1.807) is 30.3 Å². The van der Waals surface area contributed by atoms with E-state index < -0.39 is 11.6 Å². The van der Waals surface area contributed by atoms with Gasteiger partial charge >= 0.3 is 11.9 Å². The number of hydrogen-bond acceptors (Lipinski definition) is 4. The highest BCUT2D eigenvalue weighted by Gasteiger charge is 2.21. The zero-order valence-corrected chi connectivity index (χ0v) is 15.1. The molecule has 0 aliphatic rings. The molecule has 2 aromatic rings. The van der Waals surface area contributed by atoms with Gasteiger partial charge in [0.05, 0.1) is 17.7 Å². The van der Waals surface area contributed by atoms with Crippen molar-refractivity contribution in [3.05, 3.63) is 59.7 Å². The molecule has 0 atom stereocenters. The van der Waals surface area contributed by atoms with Crippen LogP contribution in [-0.2, 0) is 9.47 Å². The summed E-state index contributed by atoms with van der Waals surface area (Å²) in [5.74, 6) is -0.790. The Balaban J connectivity index is 2.36. The van der Waals surface area contributed by atoms with Gasteiger partial charge in [-0.2, -0.15) is 0 Å². The van der Waals surface area contributed by atoms with Crippen LogP contribution in [0.2, 0.25) is 0 Å². The summed E-state index contributed by atoms with van der Waals surface area (Å²) in [6.45, 7) is 7.79. The summed E-state index contributed by atoms with van der Waals surface area (Å²) in [4.78, 5) is 24.6. The minimum absolute atomic E-state index is 0.376. The summed E-state index contributed by atoms with van der Waals surface area (Å²) in [6, 6.07) is 15.2. The zero-order chi connectivity index (χ0) is 18.4. The van der Waals surface area contributed by atoms with Gasteiger partial charge in [-0.05, 0) is 62.6 Å². The lowest BCUT2D eigenvalue weighted by molar-refractivity contribution is 0.00702. The molecule has 0 heterocycles. The van der Waals surface area contributed by atoms with Crippen molar-refractivity contribution in [1.82, 2.24) is 0 Å². The van der Waals surface area contributed by atoms with Crippen molar-refractivity contribution in [2.45, 2.75) is 39.7 Å². The molecule has 2 rings (SSSR count). The summed E-state index contributed by atoms with van der Waals surface area (Å²) in [5.41, 5.74) is 1.60. The first kappa shape index (κ1) is 18.7. The van der Waals surface area contributed by atoms with E-state index in [-0.39, 0.29) is 5.97 Å². The number of benzene rings is 2. The Hall–Kier alpha value is -2.62. The third kappa shape index (κ3) is 5.18. The smallest absolute Gasteiger partial charge is 0.339 e. The summed E-state index contributed by atoms with van der Waals surface area (Å²) in [5, 5.41) is 0. The van der Waals surface area contributed by atoms with E-state index in [4.69, 9.17) is 9.47 Å². The van der Waals surface area contributed by atoms with Gasteiger partial charge in [0.15, 0.2) is 0 Å². The fourth-order valence-corrected chi connectivity index (χ4v) is 2.26. The van der Waals surface area contributed by atoms with E-state index in [1.807, 2.05) is 39.8 Å². The molecule has 0 N–H and O–H groups in total. The molecule has 0 aromatic heterocycles. The van der Waals surface area contributed by atoms with E-state index in [0.29, 0.717) is 28.9 Å². The van der Waals surface area contributed by atoms with Crippen LogP contribution in [0.15, 0.2) is 42.5 Å². The third-order valence-electron chi connectivity index (χ3n) is 3.31. The third-order valence-corrected chi connectivity index (χ3v) is 3.31. The molecule has 0 saturated carbocycles. The first-order valence-electron chi connectivity index (χ1n) is 8.33. The average molecular weight is 339 g/mol. The fraction of sp³-hybridized carbons (Fsp3) is 0.333. The van der Waals surface area contributed by atoms with Gasteiger partial charge in [0.25, 0.3) is 0 Å². The van der Waals surface area contributed by atoms with E-state index in [0.717, 1.165) is 6.42 Å². The molecule has 25 heavy (non-hydrogen) atoms. The Morgan fingerprint density at radius 2 is 1.80 bits per heavy atom. The largest absolute Gasteiger partial charge is 0.462 e. The molecule has 0 fully saturated rings. The maximum atomic E-state index is 12.5. The zero-order valence-electron chi connectivity index (χ0n) is 15.1. The number of rotatable bonds is 5. The van der Waals surface area contributed by atoms with Crippen molar-refractivity contribution < 1.29 is 19.1 Å². The van der Waals surface area contributed by atoms with Crippen molar-refractivity contribution in [3.8, 4) is 11.1 Å². The van der Waals surface area contributed by atoms with Crippen molar-refractivity contribution in [3.63, 3.8) is 0 Å². The van der Waals surface area contributed by atoms with Crippen molar-refractivity contribution in [2.75, 3.05) is 6.61 Å². The predicted molar refractivity (Wildman–Crippen MR) is 96.5 cm³/mol. The molecule has 0 aliphatic carbocycles. The normalized spacial score (nSPS) is 11.0. The number of ether oxygens (including phenoxy) is 2. The molecule has 2 aromatic carbocycles. The molecule has 0 aliphatic heterocycles. The molecule has 4 heteroatoms. The Morgan fingerprint density at radius 1 is 1.08 bits per heavy atom. The molecule has 0 bridgehead atoms. The summed E-state index contributed by atoms with van der Waals surface area (Å²) in [6.07, 6.45) is 0.763. The van der Waals surface area contributed by atoms with Crippen LogP contribution in [-0.4, -0.2) is 24.1 Å². The molecular formula is C21H23O4. The Bertz CT molecular complexity index is 756. The van der Waals surface area contributed by atoms with Crippen molar-refractivity contribution in [1.29, 1.82) is 0 Å². The first-order valence-corrected chi connectivity index (χ1v) is 8.33. The van der Waals surface area contributed by atoms with Crippen LogP contribution in [0.5, 0.6) is 0 Å². The highest BCUT2D eigenvalue weighted by Crippen LogP contribution is 2.26. The standard InChI is InChI=1S/C21H23O4/c1-5-13-24-19(22)16-10-8-9-15(14-16)17-11-6-7-12-18(17)20(23)25-21(2,3)4/h6-8,10-12,14H,5,13H2,1-4H3. The molecule has 1 radical (unpaired) electrons. The van der Waals surface area contributed by atoms with Gasteiger partial charge in [-0.15, -0.1) is 0 Å². The van der Waals surface area contributed by atoms with Gasteiger partial charge in [0.1, 0.15) is 5.60 Å². The van der Waals surface area contributed by atoms with Crippen LogP contribution in [0.25, 0.3) is 11.1 Å². The van der Waals surface area contributed by atoms with Crippen molar-refractivity contribution >= 4 is 11.9 Å². The number of carbonyl (C=O) groups excluding carboxylic acids is 2. The van der Waals surface area contributed by atoms with Gasteiger partial charge in [-0.1, -0.05) is 31.2 Å². The highest BCUT2D eigenvalue weighted by atomic mass is 16.6. The lowest BCUT2D eigenvalue weighted by Crippen LogP contribution is -2.24. The lowest BCUT2D eigenvalue weighted by Gasteiger charge is -2.20. The van der Waals surface area contributed by atoms with Crippen LogP contribution in [0.3, 0.4) is 0 Å². The Labute approximate surface area is 148 Å². The lowest BCUT2D eigenvalue weighted by atomic mass is 9.98. The molecular weight excluding hydrogens is 316 g/mol. The van der Waals surface area contributed by atoms with Gasteiger partial charge in [-0.3, -0.25) is 0 Å². The monoisotopic (exact) mass is 339 g/mol. The first-order chi connectivity index (χ1) is 11.8. The highest BCUT2D eigenvalue weighted by molar-refractivity contribution is 5.98. The van der Waals surface area contributed by atoms with Crippen LogP contribution in [0, 0.1) is 6.07 Å². The second-order valence-electron chi connectivity index (χ2n) is 6.67. The molecule has 0 spiro atoms. The van der Waals surface area contributed by atoms with E-state index in [9.17, 15) is 9.59 Å². The van der Waals surface area contributed by atoms with Gasteiger partial charge in [0, 0.05) is 0 Å². The summed E-state index contributed by atoms with van der Waals surface area (Å²) in [7, 11) is 0. The van der Waals surface area contributed by atoms with Crippen LogP contribution < -0.4 is 0 Å². The maximum Gasteiger partial charge on any atom is 0.339 e. The fourth-order valence-electron chi connectivity index (χ4n) is 2.26. The molecule has 0 saturated heterocycles. The summed E-state index contributed by atoms with van der Waals surface area (Å²) < 4.78 is 10.6. The van der Waals surface area contributed by atoms with Crippen molar-refractivity contribution in [2.24, 2.45) is 0 Å². The predicted octanol–water partition coefficient (Wildman–Crippen LogP) is 4.68. The van der Waals surface area contributed by atoms with Crippen LogP contribution >= 0.6 is 0 Å². The second-order valence-corrected chi connectivity index (χ2v) is 6.67. The Kier molecular flexibility index (Phi) is 5.97. The minimum atomic E-state index is -0.584. The second kappa shape index (κ2) is 7.97. The van der Waals surface area contributed by atoms with E-state index in [1.165, 1.54) is 0 Å². The van der Waals surface area contributed by atoms with E-state index >= 15 is 0 Å². The molecule has 131 valence electrons. The number of carbonyl (C=O) groups is 2. The van der Waals surface area contributed by atoms with Crippen LogP contribution in [0.4, 0.5) is 0 Å². The topological polar surface area (TPSA) is 52.6 Å². The van der Waals surface area contributed by atoms with Gasteiger partial charge in [0.2, 0.25) is 0 Å². The minimum Gasteiger partial charge on any atom is -0.462 e. The SMILES string of the molecule is CCCOC(=O)c1cc[c]c(-c2ccccc2C(=O)OC(C)(C)C)c1.